The molecule has 13 nitrogen and oxygen atoms in total. The fourth-order valence-electron chi connectivity index (χ4n) is 1.32. The van der Waals surface area contributed by atoms with Gasteiger partial charge in [0, 0.05) is 6.07 Å². The first-order valence-corrected chi connectivity index (χ1v) is 11.2. The van der Waals surface area contributed by atoms with E-state index in [1.807, 2.05) is 0 Å². The maximum atomic E-state index is 12.1. The predicted molar refractivity (Wildman–Crippen MR) is 70.3 cm³/mol. The third kappa shape index (κ3) is 5.79. The molecule has 0 fully saturated rings. The lowest BCUT2D eigenvalue weighted by Crippen LogP contribution is -2.08. The summed E-state index contributed by atoms with van der Waals surface area (Å²) in [5, 5.41) is 0. The van der Waals surface area contributed by atoms with Crippen LogP contribution in [0.25, 0.3) is 0 Å². The average molecular weight is 412 g/mol. The zero-order chi connectivity index (χ0) is 17.5. The highest BCUT2D eigenvalue weighted by atomic mass is 31.3. The molecule has 2 atom stereocenters. The van der Waals surface area contributed by atoms with Crippen LogP contribution in [0, 0.1) is 0 Å². The lowest BCUT2D eigenvalue weighted by molar-refractivity contribution is 0.195. The van der Waals surface area contributed by atoms with E-state index >= 15 is 0 Å². The van der Waals surface area contributed by atoms with E-state index in [9.17, 15) is 23.2 Å². The molecule has 0 aromatic heterocycles. The minimum absolute atomic E-state index is 0.0595. The van der Waals surface area contributed by atoms with Crippen molar-refractivity contribution in [3.05, 3.63) is 24.3 Å². The van der Waals surface area contributed by atoms with Crippen LogP contribution >= 0.6 is 31.3 Å². The summed E-state index contributed by atoms with van der Waals surface area (Å²) in [6, 6.07) is 5.31. The summed E-state index contributed by atoms with van der Waals surface area (Å²) < 4.78 is 65.5. The summed E-state index contributed by atoms with van der Waals surface area (Å²) >= 11 is 0. The van der Waals surface area contributed by atoms with Gasteiger partial charge in [-0.3, -0.25) is 0 Å². The fraction of sp³-hybridized carbons (Fsp3) is 0. The normalized spacial score (nSPS) is 21.4. The Morgan fingerprint density at radius 2 is 1.43 bits per heavy atom. The van der Waals surface area contributed by atoms with Gasteiger partial charge in [-0.25, -0.2) is 18.3 Å². The lowest BCUT2D eigenvalue weighted by atomic mass is 10.3. The van der Waals surface area contributed by atoms with Crippen LogP contribution in [0.1, 0.15) is 0 Å². The SMILES string of the molecule is O=P(O)(O)OP(=O)(O)OP(=O)(O)OP1(=O)Oc2cccc(c2)O1. The van der Waals surface area contributed by atoms with E-state index in [4.69, 9.17) is 14.7 Å². The van der Waals surface area contributed by atoms with Crippen molar-refractivity contribution in [2.75, 3.05) is 0 Å². The highest BCUT2D eigenvalue weighted by Crippen LogP contribution is 2.71. The predicted octanol–water partition coefficient (Wildman–Crippen LogP) is 1.91. The van der Waals surface area contributed by atoms with Gasteiger partial charge in [-0.1, -0.05) is 6.07 Å². The van der Waals surface area contributed by atoms with E-state index < -0.39 is 31.3 Å². The molecule has 0 spiro atoms. The van der Waals surface area contributed by atoms with Crippen molar-refractivity contribution >= 4 is 31.3 Å². The van der Waals surface area contributed by atoms with Crippen molar-refractivity contribution in [1.82, 2.24) is 0 Å². The van der Waals surface area contributed by atoms with Crippen LogP contribution in [0.2, 0.25) is 0 Å². The monoisotopic (exact) mass is 412 g/mol. The molecule has 2 bridgehead atoms. The second-order valence-corrected chi connectivity index (χ2v) is 9.85. The Labute approximate surface area is 127 Å². The molecule has 2 rings (SSSR count). The number of hydrogen-bond donors (Lipinski definition) is 4. The zero-order valence-electron chi connectivity index (χ0n) is 10.6. The number of phosphoric ester groups is 1. The highest BCUT2D eigenvalue weighted by molar-refractivity contribution is 7.69. The van der Waals surface area contributed by atoms with Crippen molar-refractivity contribution in [2.24, 2.45) is 0 Å². The number of hydrogen-bond acceptors (Lipinski definition) is 9. The average Bonchev–Trinajstić information content (AvgIpc) is 2.19. The molecule has 23 heavy (non-hydrogen) atoms. The van der Waals surface area contributed by atoms with E-state index in [1.165, 1.54) is 24.3 Å². The van der Waals surface area contributed by atoms with Gasteiger partial charge in [0.15, 0.2) is 0 Å². The van der Waals surface area contributed by atoms with Crippen molar-refractivity contribution < 1.29 is 59.8 Å². The molecular weight excluding hydrogens is 404 g/mol. The van der Waals surface area contributed by atoms with Crippen LogP contribution < -0.4 is 9.05 Å². The van der Waals surface area contributed by atoms with Gasteiger partial charge in [0.05, 0.1) is 0 Å². The van der Waals surface area contributed by atoms with E-state index in [0.29, 0.717) is 0 Å². The molecule has 2 unspecified atom stereocenters. The summed E-state index contributed by atoms with van der Waals surface area (Å²) in [6.45, 7) is 0. The molecule has 1 aromatic rings. The van der Waals surface area contributed by atoms with Gasteiger partial charge in [0.1, 0.15) is 11.5 Å². The topological polar surface area (TPSA) is 195 Å². The van der Waals surface area contributed by atoms with Crippen LogP contribution in [0.15, 0.2) is 24.3 Å². The third-order valence-electron chi connectivity index (χ3n) is 1.86. The van der Waals surface area contributed by atoms with Crippen molar-refractivity contribution in [3.63, 3.8) is 0 Å². The Morgan fingerprint density at radius 1 is 0.913 bits per heavy atom. The van der Waals surface area contributed by atoms with Crippen LogP contribution in [0.4, 0.5) is 0 Å². The van der Waals surface area contributed by atoms with Crippen LogP contribution in [-0.4, -0.2) is 19.6 Å². The van der Waals surface area contributed by atoms with E-state index in [0.717, 1.165) is 0 Å². The van der Waals surface area contributed by atoms with E-state index in [-0.39, 0.29) is 11.5 Å². The van der Waals surface area contributed by atoms with E-state index in [2.05, 4.69) is 22.0 Å². The maximum absolute atomic E-state index is 12.1. The molecule has 1 aliphatic rings. The molecule has 0 aliphatic carbocycles. The van der Waals surface area contributed by atoms with Gasteiger partial charge in [0.25, 0.3) is 0 Å². The minimum Gasteiger partial charge on any atom is -0.395 e. The smallest absolute Gasteiger partial charge is 0.395 e. The fourth-order valence-corrected chi connectivity index (χ4v) is 6.27. The number of fused-ring (bicyclic) bond motifs is 2. The molecular formula is C6H8O13P4. The number of phosphoric acid groups is 4. The molecule has 0 amide bonds. The Kier molecular flexibility index (Phi) is 4.96. The molecule has 130 valence electrons. The minimum atomic E-state index is -5.73. The standard InChI is InChI=1S/C6H8O13P4/c7-20(8,9)17-21(10,11)18-22(12,13)19-23(14)15-5-2-1-3-6(4-5)16-23/h1-4H,(H,10,11)(H,12,13)(H2,7,8,9). The largest absolute Gasteiger partial charge is 0.596 e. The quantitative estimate of drug-likeness (QED) is 0.495. The Balaban J connectivity index is 2.12. The van der Waals surface area contributed by atoms with Crippen molar-refractivity contribution in [3.8, 4) is 11.5 Å². The summed E-state index contributed by atoms with van der Waals surface area (Å²) in [4.78, 5) is 35.0. The maximum Gasteiger partial charge on any atom is 0.596 e. The van der Waals surface area contributed by atoms with Crippen molar-refractivity contribution in [1.29, 1.82) is 0 Å². The molecule has 0 radical (unpaired) electrons. The second-order valence-electron chi connectivity index (χ2n) is 3.78. The van der Waals surface area contributed by atoms with Gasteiger partial charge in [-0.15, -0.1) is 0 Å². The zero-order valence-corrected chi connectivity index (χ0v) is 14.1. The molecule has 1 aromatic carbocycles. The molecule has 17 heteroatoms. The molecule has 1 aliphatic heterocycles. The van der Waals surface area contributed by atoms with Gasteiger partial charge >= 0.3 is 31.3 Å². The van der Waals surface area contributed by atoms with Crippen LogP contribution in [0.3, 0.4) is 0 Å². The molecule has 0 saturated carbocycles. The first-order chi connectivity index (χ1) is 10.3. The van der Waals surface area contributed by atoms with Crippen LogP contribution in [0.5, 0.6) is 11.5 Å². The third-order valence-corrected chi connectivity index (χ3v) is 7.68. The van der Waals surface area contributed by atoms with Crippen LogP contribution in [-0.2, 0) is 31.2 Å². The van der Waals surface area contributed by atoms with Gasteiger partial charge < -0.3 is 28.6 Å². The molecule has 1 heterocycles. The number of benzene rings is 1. The Bertz CT molecular complexity index is 770. The molecule has 0 saturated heterocycles. The summed E-state index contributed by atoms with van der Waals surface area (Å²) in [5.41, 5.74) is 0. The first-order valence-electron chi connectivity index (χ1n) is 5.22. The first kappa shape index (κ1) is 18.8. The lowest BCUT2D eigenvalue weighted by Gasteiger charge is -2.24. The molecule has 4 N–H and O–H groups in total. The van der Waals surface area contributed by atoms with Gasteiger partial charge in [-0.2, -0.15) is 12.9 Å². The van der Waals surface area contributed by atoms with E-state index in [1.54, 1.807) is 0 Å². The second kappa shape index (κ2) is 6.07. The summed E-state index contributed by atoms with van der Waals surface area (Å²) in [7, 11) is -21.7. The number of rotatable bonds is 6. The Morgan fingerprint density at radius 3 is 1.91 bits per heavy atom. The van der Waals surface area contributed by atoms with Gasteiger partial charge in [0.2, 0.25) is 0 Å². The summed E-state index contributed by atoms with van der Waals surface area (Å²) in [6.07, 6.45) is 0. The Hall–Kier alpha value is -0.540. The van der Waals surface area contributed by atoms with Gasteiger partial charge in [-0.05, 0) is 12.1 Å². The summed E-state index contributed by atoms with van der Waals surface area (Å²) in [5.74, 6) is -0.119. The highest BCUT2D eigenvalue weighted by Gasteiger charge is 2.48. The van der Waals surface area contributed by atoms with Crippen molar-refractivity contribution in [2.45, 2.75) is 0 Å².